The Kier molecular flexibility index (Phi) is 3.41. The van der Waals surface area contributed by atoms with Crippen LogP contribution in [0.2, 0.25) is 0 Å². The van der Waals surface area contributed by atoms with E-state index in [1.165, 1.54) is 12.1 Å². The molecule has 0 spiro atoms. The van der Waals surface area contributed by atoms with Crippen LogP contribution < -0.4 is 0 Å². The summed E-state index contributed by atoms with van der Waals surface area (Å²) in [5.74, 6) is -0.603. The molecule has 3 rings (SSSR count). The van der Waals surface area contributed by atoms with Crippen LogP contribution in [0.25, 0.3) is 10.9 Å². The van der Waals surface area contributed by atoms with Crippen LogP contribution in [0, 0.1) is 12.7 Å². The fraction of sp³-hybridized carbons (Fsp3) is 0.118. The van der Waals surface area contributed by atoms with Gasteiger partial charge in [0, 0.05) is 39.7 Å². The number of aromatic nitrogens is 1. The molecule has 4 heteroatoms. The van der Waals surface area contributed by atoms with Gasteiger partial charge in [-0.15, -0.1) is 0 Å². The predicted octanol–water partition coefficient (Wildman–Crippen LogP) is 4.62. The number of nitrogens with zero attached hydrogens (tertiary/aromatic N) is 1. The molecule has 1 aromatic heterocycles. The lowest BCUT2D eigenvalue weighted by molar-refractivity contribution is 0.103. The van der Waals surface area contributed by atoms with Gasteiger partial charge < -0.3 is 4.57 Å². The summed E-state index contributed by atoms with van der Waals surface area (Å²) in [6, 6.07) is 10.1. The number of halogens is 2. The summed E-state index contributed by atoms with van der Waals surface area (Å²) in [5, 5.41) is 0.879. The van der Waals surface area contributed by atoms with Crippen molar-refractivity contribution in [2.45, 2.75) is 6.92 Å². The zero-order valence-corrected chi connectivity index (χ0v) is 13.2. The quantitative estimate of drug-likeness (QED) is 0.621. The van der Waals surface area contributed by atoms with Gasteiger partial charge in [0.15, 0.2) is 5.78 Å². The minimum atomic E-state index is -0.419. The topological polar surface area (TPSA) is 22.0 Å². The lowest BCUT2D eigenvalue weighted by Crippen LogP contribution is -2.02. The van der Waals surface area contributed by atoms with Gasteiger partial charge in [0.25, 0.3) is 0 Å². The number of hydrogen-bond donors (Lipinski definition) is 0. The van der Waals surface area contributed by atoms with E-state index in [1.807, 2.05) is 36.7 Å². The van der Waals surface area contributed by atoms with Crippen LogP contribution in [0.4, 0.5) is 4.39 Å². The Balaban J connectivity index is 2.21. The molecule has 0 N–H and O–H groups in total. The second-order valence-electron chi connectivity index (χ2n) is 5.13. The van der Waals surface area contributed by atoms with Crippen molar-refractivity contribution in [3.8, 4) is 0 Å². The first-order valence-electron chi connectivity index (χ1n) is 6.53. The molecule has 21 heavy (non-hydrogen) atoms. The molecule has 2 aromatic carbocycles. The minimum Gasteiger partial charge on any atom is -0.350 e. The molecule has 0 unspecified atom stereocenters. The third-order valence-corrected chi connectivity index (χ3v) is 4.26. The normalized spacial score (nSPS) is 11.0. The first-order valence-corrected chi connectivity index (χ1v) is 7.32. The molecule has 0 saturated heterocycles. The van der Waals surface area contributed by atoms with E-state index in [4.69, 9.17) is 0 Å². The average molecular weight is 346 g/mol. The average Bonchev–Trinajstić information content (AvgIpc) is 2.78. The molecule has 0 aliphatic rings. The van der Waals surface area contributed by atoms with E-state index < -0.39 is 5.82 Å². The van der Waals surface area contributed by atoms with Crippen LogP contribution in [0.5, 0.6) is 0 Å². The summed E-state index contributed by atoms with van der Waals surface area (Å²) in [4.78, 5) is 12.7. The third-order valence-electron chi connectivity index (χ3n) is 3.56. The zero-order chi connectivity index (χ0) is 15.1. The standard InChI is InChI=1S/C17H13BrFNO/c1-10-3-5-12-14(9-20(2)16(12)7-10)17(21)13-8-11(19)4-6-15(13)18/h3-9H,1-2H3. The zero-order valence-electron chi connectivity index (χ0n) is 11.7. The van der Waals surface area contributed by atoms with Gasteiger partial charge in [-0.25, -0.2) is 4.39 Å². The second kappa shape index (κ2) is 5.11. The summed E-state index contributed by atoms with van der Waals surface area (Å²) >= 11 is 3.32. The smallest absolute Gasteiger partial charge is 0.196 e. The summed E-state index contributed by atoms with van der Waals surface area (Å²) in [7, 11) is 1.90. The Bertz CT molecular complexity index is 867. The van der Waals surface area contributed by atoms with Crippen molar-refractivity contribution >= 4 is 32.6 Å². The van der Waals surface area contributed by atoms with Crippen LogP contribution in [0.15, 0.2) is 47.1 Å². The highest BCUT2D eigenvalue weighted by Crippen LogP contribution is 2.27. The Morgan fingerprint density at radius 2 is 1.90 bits per heavy atom. The van der Waals surface area contributed by atoms with Gasteiger partial charge in [0.05, 0.1) is 0 Å². The second-order valence-corrected chi connectivity index (χ2v) is 5.98. The van der Waals surface area contributed by atoms with Gasteiger partial charge in [0.1, 0.15) is 5.82 Å². The molecule has 0 aliphatic carbocycles. The van der Waals surface area contributed by atoms with Crippen molar-refractivity contribution in [2.75, 3.05) is 0 Å². The lowest BCUT2D eigenvalue weighted by atomic mass is 10.0. The van der Waals surface area contributed by atoms with Crippen molar-refractivity contribution < 1.29 is 9.18 Å². The molecule has 106 valence electrons. The first kappa shape index (κ1) is 14.0. The van der Waals surface area contributed by atoms with Crippen molar-refractivity contribution in [2.24, 2.45) is 7.05 Å². The fourth-order valence-corrected chi connectivity index (χ4v) is 2.92. The Morgan fingerprint density at radius 1 is 1.14 bits per heavy atom. The molecule has 1 heterocycles. The predicted molar refractivity (Wildman–Crippen MR) is 85.2 cm³/mol. The first-order chi connectivity index (χ1) is 9.97. The lowest BCUT2D eigenvalue weighted by Gasteiger charge is -2.03. The van der Waals surface area contributed by atoms with Crippen LogP contribution >= 0.6 is 15.9 Å². The largest absolute Gasteiger partial charge is 0.350 e. The summed E-state index contributed by atoms with van der Waals surface area (Å²) < 4.78 is 15.9. The van der Waals surface area contributed by atoms with E-state index >= 15 is 0 Å². The Labute approximate surface area is 130 Å². The van der Waals surface area contributed by atoms with E-state index in [1.54, 1.807) is 12.3 Å². The van der Waals surface area contributed by atoms with Crippen LogP contribution in [-0.4, -0.2) is 10.4 Å². The minimum absolute atomic E-state index is 0.184. The molecule has 0 atom stereocenters. The highest BCUT2D eigenvalue weighted by Gasteiger charge is 2.18. The maximum absolute atomic E-state index is 13.4. The van der Waals surface area contributed by atoms with Crippen molar-refractivity contribution in [3.05, 3.63) is 69.6 Å². The SMILES string of the molecule is Cc1ccc2c(C(=O)c3cc(F)ccc3Br)cn(C)c2c1. The Morgan fingerprint density at radius 3 is 2.67 bits per heavy atom. The van der Waals surface area contributed by atoms with Crippen molar-refractivity contribution in [1.82, 2.24) is 4.57 Å². The molecule has 0 fully saturated rings. The van der Waals surface area contributed by atoms with Gasteiger partial charge in [-0.05, 0) is 36.8 Å². The number of hydrogen-bond acceptors (Lipinski definition) is 1. The number of carbonyl (C=O) groups is 1. The molecule has 0 saturated carbocycles. The molecular weight excluding hydrogens is 333 g/mol. The molecule has 0 bridgehead atoms. The van der Waals surface area contributed by atoms with Crippen molar-refractivity contribution in [1.29, 1.82) is 0 Å². The summed E-state index contributed by atoms with van der Waals surface area (Å²) in [5.41, 5.74) is 3.04. The molecular formula is C17H13BrFNO. The number of ketones is 1. The highest BCUT2D eigenvalue weighted by atomic mass is 79.9. The van der Waals surface area contributed by atoms with E-state index in [0.717, 1.165) is 16.5 Å². The number of rotatable bonds is 2. The fourth-order valence-electron chi connectivity index (χ4n) is 2.49. The Hall–Kier alpha value is -1.94. The van der Waals surface area contributed by atoms with Crippen LogP contribution in [0.1, 0.15) is 21.5 Å². The summed E-state index contributed by atoms with van der Waals surface area (Å²) in [6.07, 6.45) is 1.80. The molecule has 0 aliphatic heterocycles. The number of benzene rings is 2. The number of carbonyl (C=O) groups excluding carboxylic acids is 1. The van der Waals surface area contributed by atoms with E-state index in [-0.39, 0.29) is 5.78 Å². The van der Waals surface area contributed by atoms with Gasteiger partial charge in [0.2, 0.25) is 0 Å². The molecule has 0 amide bonds. The summed E-state index contributed by atoms with van der Waals surface area (Å²) in [6.45, 7) is 2.01. The van der Waals surface area contributed by atoms with Crippen LogP contribution in [0.3, 0.4) is 0 Å². The highest BCUT2D eigenvalue weighted by molar-refractivity contribution is 9.10. The number of fused-ring (bicyclic) bond motifs is 1. The third kappa shape index (κ3) is 2.40. The van der Waals surface area contributed by atoms with E-state index in [0.29, 0.717) is 15.6 Å². The molecule has 2 nitrogen and oxygen atoms in total. The van der Waals surface area contributed by atoms with Gasteiger partial charge in [-0.3, -0.25) is 4.79 Å². The van der Waals surface area contributed by atoms with E-state index in [2.05, 4.69) is 15.9 Å². The molecule has 3 aromatic rings. The van der Waals surface area contributed by atoms with Gasteiger partial charge >= 0.3 is 0 Å². The van der Waals surface area contributed by atoms with Gasteiger partial charge in [-0.2, -0.15) is 0 Å². The number of aryl methyl sites for hydroxylation is 2. The van der Waals surface area contributed by atoms with Crippen LogP contribution in [-0.2, 0) is 7.05 Å². The maximum Gasteiger partial charge on any atom is 0.196 e. The maximum atomic E-state index is 13.4. The van der Waals surface area contributed by atoms with Gasteiger partial charge in [-0.1, -0.05) is 28.1 Å². The van der Waals surface area contributed by atoms with Crippen molar-refractivity contribution in [3.63, 3.8) is 0 Å². The molecule has 0 radical (unpaired) electrons. The monoisotopic (exact) mass is 345 g/mol. The van der Waals surface area contributed by atoms with E-state index in [9.17, 15) is 9.18 Å².